The molecule has 0 saturated carbocycles. The molecule has 2 N–H and O–H groups in total. The highest BCUT2D eigenvalue weighted by Crippen LogP contribution is 2.25. The van der Waals surface area contributed by atoms with Gasteiger partial charge in [-0.25, -0.2) is 5.01 Å². The van der Waals surface area contributed by atoms with Crippen LogP contribution in [0.25, 0.3) is 0 Å². The number of hydrazone groups is 1. The predicted octanol–water partition coefficient (Wildman–Crippen LogP) is 4.72. The monoisotopic (exact) mass is 428 g/mol. The molecular formula is C23H26F2N4O2. The number of rotatable bonds is 8. The van der Waals surface area contributed by atoms with E-state index in [1.165, 1.54) is 41.7 Å². The summed E-state index contributed by atoms with van der Waals surface area (Å²) < 4.78 is 28.9. The molecule has 1 heterocycles. The third-order valence-electron chi connectivity index (χ3n) is 5.09. The smallest absolute Gasteiger partial charge is 0.387 e. The second-order valence-electron chi connectivity index (χ2n) is 7.29. The molecule has 3 rings (SSSR count). The Morgan fingerprint density at radius 3 is 2.55 bits per heavy atom. The summed E-state index contributed by atoms with van der Waals surface area (Å²) in [6.07, 6.45) is 3.86. The number of ether oxygens (including phenoxy) is 1. The van der Waals surface area contributed by atoms with Gasteiger partial charge in [0.25, 0.3) is 5.91 Å². The molecule has 164 valence electrons. The number of piperidine rings is 1. The van der Waals surface area contributed by atoms with Crippen molar-refractivity contribution in [2.75, 3.05) is 23.4 Å². The van der Waals surface area contributed by atoms with Crippen LogP contribution in [-0.2, 0) is 4.79 Å². The molecule has 1 fully saturated rings. The Kier molecular flexibility index (Phi) is 7.72. The van der Waals surface area contributed by atoms with Crippen molar-refractivity contribution in [3.05, 3.63) is 65.9 Å². The molecule has 6 nitrogen and oxygen atoms in total. The summed E-state index contributed by atoms with van der Waals surface area (Å²) >= 11 is 0. The molecule has 2 aromatic carbocycles. The largest absolute Gasteiger partial charge is 0.435 e. The van der Waals surface area contributed by atoms with Crippen molar-refractivity contribution in [2.45, 2.75) is 32.3 Å². The highest BCUT2D eigenvalue weighted by molar-refractivity contribution is 6.03. The number of alkyl halides is 2. The van der Waals surface area contributed by atoms with Crippen LogP contribution in [0.2, 0.25) is 0 Å². The predicted molar refractivity (Wildman–Crippen MR) is 119 cm³/mol. The van der Waals surface area contributed by atoms with E-state index in [1.54, 1.807) is 19.1 Å². The number of nitrogens with zero attached hydrogens (tertiary/aromatic N) is 2. The Labute approximate surface area is 180 Å². The van der Waals surface area contributed by atoms with E-state index < -0.39 is 6.61 Å². The van der Waals surface area contributed by atoms with Crippen molar-refractivity contribution >= 4 is 24.0 Å². The third-order valence-corrected chi connectivity index (χ3v) is 5.09. The highest BCUT2D eigenvalue weighted by Gasteiger charge is 2.15. The van der Waals surface area contributed by atoms with E-state index in [0.29, 0.717) is 22.9 Å². The quantitative estimate of drug-likeness (QED) is 0.363. The van der Waals surface area contributed by atoms with Gasteiger partial charge in [0.05, 0.1) is 5.69 Å². The first kappa shape index (κ1) is 22.4. The molecule has 1 atom stereocenters. The Morgan fingerprint density at radius 1 is 1.26 bits per heavy atom. The van der Waals surface area contributed by atoms with Crippen LogP contribution in [0.4, 0.5) is 20.2 Å². The van der Waals surface area contributed by atoms with Gasteiger partial charge in [0.1, 0.15) is 5.75 Å². The van der Waals surface area contributed by atoms with Gasteiger partial charge in [-0.3, -0.25) is 4.79 Å². The molecule has 1 amide bonds. The van der Waals surface area contributed by atoms with E-state index in [0.717, 1.165) is 13.1 Å². The highest BCUT2D eigenvalue weighted by atomic mass is 19.3. The topological polar surface area (TPSA) is 66.0 Å². The van der Waals surface area contributed by atoms with E-state index in [1.807, 2.05) is 24.3 Å². The van der Waals surface area contributed by atoms with Crippen molar-refractivity contribution in [2.24, 2.45) is 5.10 Å². The van der Waals surface area contributed by atoms with E-state index in [4.69, 9.17) is 0 Å². The van der Waals surface area contributed by atoms with Crippen molar-refractivity contribution in [3.63, 3.8) is 0 Å². The number of nitrogens with one attached hydrogen (secondary N) is 2. The van der Waals surface area contributed by atoms with Crippen molar-refractivity contribution in [3.8, 4) is 5.75 Å². The van der Waals surface area contributed by atoms with Crippen molar-refractivity contribution < 1.29 is 18.3 Å². The van der Waals surface area contributed by atoms with Crippen molar-refractivity contribution in [1.82, 2.24) is 5.32 Å². The maximum Gasteiger partial charge on any atom is 0.387 e. The second-order valence-corrected chi connectivity index (χ2v) is 7.29. The SMILES string of the molecule is C=NN(/C=C(\C)C(=O)Nc1ccc(C2CCCNC2)cc1)c1ccc(OC(F)F)cc1. The lowest BCUT2D eigenvalue weighted by Gasteiger charge is -2.23. The van der Waals surface area contributed by atoms with E-state index in [2.05, 4.69) is 27.2 Å². The molecule has 31 heavy (non-hydrogen) atoms. The normalized spacial score (nSPS) is 16.6. The van der Waals surface area contributed by atoms with Crippen LogP contribution >= 0.6 is 0 Å². The van der Waals surface area contributed by atoms with Gasteiger partial charge in [0.15, 0.2) is 0 Å². The van der Waals surface area contributed by atoms with E-state index >= 15 is 0 Å². The van der Waals surface area contributed by atoms with Crippen LogP contribution in [0.3, 0.4) is 0 Å². The van der Waals surface area contributed by atoms with Crippen LogP contribution in [-0.4, -0.2) is 32.3 Å². The molecule has 0 radical (unpaired) electrons. The van der Waals surface area contributed by atoms with Gasteiger partial charge >= 0.3 is 6.61 Å². The van der Waals surface area contributed by atoms with Gasteiger partial charge in [-0.1, -0.05) is 12.1 Å². The molecule has 1 unspecified atom stereocenters. The Morgan fingerprint density at radius 2 is 1.97 bits per heavy atom. The molecule has 0 spiro atoms. The number of carbonyl (C=O) groups excluding carboxylic acids is 1. The van der Waals surface area contributed by atoms with Crippen LogP contribution in [0.5, 0.6) is 5.75 Å². The molecule has 8 heteroatoms. The third kappa shape index (κ3) is 6.36. The molecular weight excluding hydrogens is 402 g/mol. The molecule has 0 aliphatic carbocycles. The van der Waals surface area contributed by atoms with E-state index in [9.17, 15) is 13.6 Å². The minimum atomic E-state index is -2.89. The average molecular weight is 428 g/mol. The molecule has 0 bridgehead atoms. The second kappa shape index (κ2) is 10.7. The van der Waals surface area contributed by atoms with Gasteiger partial charge in [0.2, 0.25) is 0 Å². The van der Waals surface area contributed by atoms with Crippen molar-refractivity contribution in [1.29, 1.82) is 0 Å². The Balaban J connectivity index is 1.62. The molecule has 2 aromatic rings. The van der Waals surface area contributed by atoms with Crippen LogP contribution < -0.4 is 20.4 Å². The fourth-order valence-corrected chi connectivity index (χ4v) is 3.42. The molecule has 1 aliphatic rings. The fraction of sp³-hybridized carbons (Fsp3) is 0.304. The molecule has 1 saturated heterocycles. The first-order valence-corrected chi connectivity index (χ1v) is 10.1. The minimum absolute atomic E-state index is 0.0358. The zero-order valence-electron chi connectivity index (χ0n) is 17.4. The maximum atomic E-state index is 12.6. The summed E-state index contributed by atoms with van der Waals surface area (Å²) in [4.78, 5) is 12.6. The molecule has 0 aromatic heterocycles. The molecule has 1 aliphatic heterocycles. The van der Waals surface area contributed by atoms with Gasteiger partial charge in [0, 0.05) is 30.7 Å². The number of hydrogen-bond acceptors (Lipinski definition) is 5. The summed E-state index contributed by atoms with van der Waals surface area (Å²) in [6.45, 7) is 4.32. The van der Waals surface area contributed by atoms with Crippen LogP contribution in [0.15, 0.2) is 65.4 Å². The zero-order chi connectivity index (χ0) is 22.2. The summed E-state index contributed by atoms with van der Waals surface area (Å²) in [5, 5.41) is 11.5. The zero-order valence-corrected chi connectivity index (χ0v) is 17.4. The van der Waals surface area contributed by atoms with Gasteiger partial charge in [-0.2, -0.15) is 13.9 Å². The maximum absolute atomic E-state index is 12.6. The van der Waals surface area contributed by atoms with E-state index in [-0.39, 0.29) is 11.7 Å². The lowest BCUT2D eigenvalue weighted by Crippen LogP contribution is -2.28. The first-order valence-electron chi connectivity index (χ1n) is 10.1. The Bertz CT molecular complexity index is 908. The number of carbonyl (C=O) groups is 1. The first-order chi connectivity index (χ1) is 15.0. The minimum Gasteiger partial charge on any atom is -0.435 e. The number of benzene rings is 2. The average Bonchev–Trinajstić information content (AvgIpc) is 2.78. The summed E-state index contributed by atoms with van der Waals surface area (Å²) in [5.74, 6) is 0.261. The summed E-state index contributed by atoms with van der Waals surface area (Å²) in [6, 6.07) is 13.8. The summed E-state index contributed by atoms with van der Waals surface area (Å²) in [5.41, 5.74) is 2.92. The number of halogens is 2. The number of amides is 1. The number of hydrogen-bond donors (Lipinski definition) is 2. The van der Waals surface area contributed by atoms with Crippen LogP contribution in [0.1, 0.15) is 31.2 Å². The van der Waals surface area contributed by atoms with Gasteiger partial charge in [-0.15, -0.1) is 0 Å². The fourth-order valence-electron chi connectivity index (χ4n) is 3.42. The Hall–Kier alpha value is -3.26. The van der Waals surface area contributed by atoms with Gasteiger partial charge < -0.3 is 15.4 Å². The number of anilines is 2. The standard InChI is InChI=1S/C23H26F2N4O2/c1-16(15-29(26-2)20-9-11-21(12-10-20)31-23(24)25)22(30)28-19-7-5-17(6-8-19)18-4-3-13-27-14-18/h5-12,15,18,23,27H,2-4,13-14H2,1H3,(H,28,30)/b16-15+. The van der Waals surface area contributed by atoms with Crippen LogP contribution in [0, 0.1) is 0 Å². The van der Waals surface area contributed by atoms with Gasteiger partial charge in [-0.05, 0) is 74.2 Å². The summed E-state index contributed by atoms with van der Waals surface area (Å²) in [7, 11) is 0. The lowest BCUT2D eigenvalue weighted by atomic mass is 9.92. The lowest BCUT2D eigenvalue weighted by molar-refractivity contribution is -0.112.